The lowest BCUT2D eigenvalue weighted by Crippen LogP contribution is -2.29. The summed E-state index contributed by atoms with van der Waals surface area (Å²) < 4.78 is 4.93. The Morgan fingerprint density at radius 1 is 1.42 bits per heavy atom. The van der Waals surface area contributed by atoms with Gasteiger partial charge in [-0.2, -0.15) is 0 Å². The Kier molecular flexibility index (Phi) is 5.48. The van der Waals surface area contributed by atoms with Crippen LogP contribution in [0.5, 0.6) is 5.75 Å². The Hall–Kier alpha value is -2.94. The van der Waals surface area contributed by atoms with Crippen molar-refractivity contribution in [1.29, 1.82) is 0 Å². The minimum Gasteiger partial charge on any atom is -0.490 e. The lowest BCUT2D eigenvalue weighted by molar-refractivity contribution is -0.385. The predicted molar refractivity (Wildman–Crippen MR) is 86.4 cm³/mol. The lowest BCUT2D eigenvalue weighted by Gasteiger charge is -2.16. The van der Waals surface area contributed by atoms with Crippen molar-refractivity contribution in [2.24, 2.45) is 0 Å². The Labute approximate surface area is 140 Å². The fraction of sp³-hybridized carbons (Fsp3) is 0.200. The van der Waals surface area contributed by atoms with Gasteiger partial charge in [0.2, 0.25) is 0 Å². The number of ether oxygens (including phenoxy) is 1. The molecule has 0 radical (unpaired) electrons. The number of methoxy groups -OCH3 is 1. The highest BCUT2D eigenvalue weighted by Gasteiger charge is 2.22. The van der Waals surface area contributed by atoms with Gasteiger partial charge in [0.25, 0.3) is 5.91 Å². The smallest absolute Gasteiger partial charge is 0.310 e. The number of hydrogen-bond acceptors (Lipinski definition) is 6. The van der Waals surface area contributed by atoms with Crippen LogP contribution in [-0.4, -0.2) is 29.0 Å². The van der Waals surface area contributed by atoms with Crippen molar-refractivity contribution in [3.05, 3.63) is 56.3 Å². The van der Waals surface area contributed by atoms with E-state index in [0.717, 1.165) is 0 Å². The molecule has 1 unspecified atom stereocenters. The molecule has 2 N–H and O–H groups in total. The number of carbonyl (C=O) groups is 2. The maximum absolute atomic E-state index is 12.4. The molecule has 1 heterocycles. The van der Waals surface area contributed by atoms with E-state index in [0.29, 0.717) is 4.88 Å². The molecule has 8 nitrogen and oxygen atoms in total. The monoisotopic (exact) mass is 350 g/mol. The van der Waals surface area contributed by atoms with Gasteiger partial charge in [0, 0.05) is 22.6 Å². The average molecular weight is 350 g/mol. The first-order valence-electron chi connectivity index (χ1n) is 6.81. The Bertz CT molecular complexity index is 759. The maximum Gasteiger partial charge on any atom is 0.310 e. The number of carbonyl (C=O) groups excluding carboxylic acids is 1. The van der Waals surface area contributed by atoms with Crippen LogP contribution < -0.4 is 10.1 Å². The van der Waals surface area contributed by atoms with Crippen molar-refractivity contribution < 1.29 is 24.4 Å². The van der Waals surface area contributed by atoms with Crippen molar-refractivity contribution in [3.63, 3.8) is 0 Å². The van der Waals surface area contributed by atoms with Gasteiger partial charge in [-0.05, 0) is 17.5 Å². The fourth-order valence-corrected chi connectivity index (χ4v) is 2.88. The summed E-state index contributed by atoms with van der Waals surface area (Å²) in [6.45, 7) is 0. The number of nitrogens with zero attached hydrogens (tertiary/aromatic N) is 1. The molecule has 0 bridgehead atoms. The molecule has 1 atom stereocenters. The number of nitro groups is 1. The van der Waals surface area contributed by atoms with Gasteiger partial charge in [-0.1, -0.05) is 6.07 Å². The van der Waals surface area contributed by atoms with E-state index in [9.17, 15) is 19.7 Å². The molecule has 1 amide bonds. The summed E-state index contributed by atoms with van der Waals surface area (Å²) in [5.74, 6) is -1.63. The summed E-state index contributed by atoms with van der Waals surface area (Å²) in [4.78, 5) is 34.3. The molecule has 0 spiro atoms. The zero-order valence-corrected chi connectivity index (χ0v) is 13.4. The van der Waals surface area contributed by atoms with Gasteiger partial charge < -0.3 is 15.2 Å². The van der Waals surface area contributed by atoms with E-state index in [1.807, 2.05) is 0 Å². The van der Waals surface area contributed by atoms with E-state index in [4.69, 9.17) is 9.84 Å². The third kappa shape index (κ3) is 4.07. The number of amides is 1. The topological polar surface area (TPSA) is 119 Å². The van der Waals surface area contributed by atoms with Gasteiger partial charge in [-0.3, -0.25) is 19.7 Å². The Morgan fingerprint density at radius 2 is 2.17 bits per heavy atom. The molecule has 0 aliphatic heterocycles. The maximum atomic E-state index is 12.4. The first-order valence-corrected chi connectivity index (χ1v) is 7.68. The number of rotatable bonds is 7. The van der Waals surface area contributed by atoms with Crippen molar-refractivity contribution in [2.45, 2.75) is 12.5 Å². The molecule has 9 heteroatoms. The molecule has 1 aromatic heterocycles. The average Bonchev–Trinajstić information content (AvgIpc) is 3.07. The molecule has 0 saturated heterocycles. The second kappa shape index (κ2) is 7.55. The van der Waals surface area contributed by atoms with Gasteiger partial charge in [-0.15, -0.1) is 11.3 Å². The predicted octanol–water partition coefficient (Wildman–Crippen LogP) is 2.61. The van der Waals surface area contributed by atoms with Crippen LogP contribution in [-0.2, 0) is 4.79 Å². The van der Waals surface area contributed by atoms with Crippen LogP contribution in [0.2, 0.25) is 0 Å². The molecule has 2 rings (SSSR count). The SMILES string of the molecule is COc1cc(C(=O)NC(CC(=O)O)c2cccs2)ccc1[N+](=O)[O-]. The summed E-state index contributed by atoms with van der Waals surface area (Å²) in [7, 11) is 1.27. The minimum atomic E-state index is -1.05. The highest BCUT2D eigenvalue weighted by molar-refractivity contribution is 7.10. The second-order valence-corrected chi connectivity index (χ2v) is 5.76. The third-order valence-electron chi connectivity index (χ3n) is 3.21. The van der Waals surface area contributed by atoms with Crippen LogP contribution in [0, 0.1) is 10.1 Å². The fourth-order valence-electron chi connectivity index (χ4n) is 2.10. The summed E-state index contributed by atoms with van der Waals surface area (Å²) in [5, 5.41) is 24.3. The molecule has 126 valence electrons. The number of hydrogen-bond donors (Lipinski definition) is 2. The molecule has 0 aliphatic rings. The van der Waals surface area contributed by atoms with E-state index in [1.165, 1.54) is 36.6 Å². The normalized spacial score (nSPS) is 11.5. The van der Waals surface area contributed by atoms with Gasteiger partial charge in [0.05, 0.1) is 24.5 Å². The second-order valence-electron chi connectivity index (χ2n) is 4.78. The van der Waals surface area contributed by atoms with Gasteiger partial charge in [0.15, 0.2) is 5.75 Å². The van der Waals surface area contributed by atoms with Crippen molar-refractivity contribution >= 4 is 28.9 Å². The van der Waals surface area contributed by atoms with Gasteiger partial charge in [-0.25, -0.2) is 0 Å². The summed E-state index contributed by atoms with van der Waals surface area (Å²) >= 11 is 1.33. The quantitative estimate of drug-likeness (QED) is 0.585. The first kappa shape index (κ1) is 17.4. The zero-order valence-electron chi connectivity index (χ0n) is 12.6. The van der Waals surface area contributed by atoms with Crippen molar-refractivity contribution in [1.82, 2.24) is 5.32 Å². The number of carboxylic acid groups (broad SMARTS) is 1. The van der Waals surface area contributed by atoms with E-state index < -0.39 is 22.8 Å². The number of thiophene rings is 1. The van der Waals surface area contributed by atoms with Crippen LogP contribution in [0.4, 0.5) is 5.69 Å². The van der Waals surface area contributed by atoms with Crippen LogP contribution in [0.1, 0.15) is 27.7 Å². The molecular formula is C15H14N2O6S. The molecule has 0 fully saturated rings. The number of nitrogens with one attached hydrogen (secondary N) is 1. The Morgan fingerprint density at radius 3 is 2.71 bits per heavy atom. The van der Waals surface area contributed by atoms with E-state index in [-0.39, 0.29) is 23.4 Å². The zero-order chi connectivity index (χ0) is 17.7. The summed E-state index contributed by atoms with van der Waals surface area (Å²) in [6.07, 6.45) is -0.267. The number of nitro benzene ring substituents is 1. The number of aliphatic carboxylic acids is 1. The largest absolute Gasteiger partial charge is 0.490 e. The van der Waals surface area contributed by atoms with Crippen LogP contribution in [0.25, 0.3) is 0 Å². The first-order chi connectivity index (χ1) is 11.4. The standard InChI is InChI=1S/C15H14N2O6S/c1-23-12-7-9(4-5-11(12)17(21)22)15(20)16-10(8-14(18)19)13-3-2-6-24-13/h2-7,10H,8H2,1H3,(H,16,20)(H,18,19). The molecular weight excluding hydrogens is 336 g/mol. The minimum absolute atomic E-state index is 0.0430. The van der Waals surface area contributed by atoms with Crippen molar-refractivity contribution in [2.75, 3.05) is 7.11 Å². The van der Waals surface area contributed by atoms with E-state index >= 15 is 0 Å². The van der Waals surface area contributed by atoms with E-state index in [1.54, 1.807) is 17.5 Å². The Balaban J connectivity index is 2.24. The number of benzene rings is 1. The highest BCUT2D eigenvalue weighted by Crippen LogP contribution is 2.28. The molecule has 2 aromatic rings. The van der Waals surface area contributed by atoms with E-state index in [2.05, 4.69) is 5.32 Å². The van der Waals surface area contributed by atoms with Crippen LogP contribution >= 0.6 is 11.3 Å². The third-order valence-corrected chi connectivity index (χ3v) is 4.20. The summed E-state index contributed by atoms with van der Waals surface area (Å²) in [6, 6.07) is 6.52. The lowest BCUT2D eigenvalue weighted by atomic mass is 10.1. The molecule has 24 heavy (non-hydrogen) atoms. The van der Waals surface area contributed by atoms with Gasteiger partial charge in [0.1, 0.15) is 0 Å². The van der Waals surface area contributed by atoms with Crippen LogP contribution in [0.3, 0.4) is 0 Å². The molecule has 0 aliphatic carbocycles. The number of carboxylic acids is 1. The molecule has 1 aromatic carbocycles. The summed E-state index contributed by atoms with van der Waals surface area (Å²) in [5.41, 5.74) is -0.112. The molecule has 0 saturated carbocycles. The van der Waals surface area contributed by atoms with Crippen molar-refractivity contribution in [3.8, 4) is 5.75 Å². The highest BCUT2D eigenvalue weighted by atomic mass is 32.1. The van der Waals surface area contributed by atoms with Crippen LogP contribution in [0.15, 0.2) is 35.7 Å². The van der Waals surface area contributed by atoms with Gasteiger partial charge >= 0.3 is 11.7 Å².